The molecule has 5 heteroatoms. The number of benzene rings is 1. The first-order valence-corrected chi connectivity index (χ1v) is 6.38. The number of nitrogens with one attached hydrogen (secondary N) is 1. The molecule has 1 N–H and O–H groups in total. The van der Waals surface area contributed by atoms with Crippen LogP contribution in [0, 0.1) is 10.1 Å². The number of nitro benzene ring substituents is 1. The summed E-state index contributed by atoms with van der Waals surface area (Å²) in [5.41, 5.74) is 0.738. The van der Waals surface area contributed by atoms with E-state index in [0.717, 1.165) is 32.6 Å². The van der Waals surface area contributed by atoms with Crippen molar-refractivity contribution in [3.8, 4) is 0 Å². The molecular weight excluding hydrogens is 230 g/mol. The molecule has 0 atom stereocenters. The summed E-state index contributed by atoms with van der Waals surface area (Å²) in [5, 5.41) is 13.9. The lowest BCUT2D eigenvalue weighted by atomic mass is 10.2. The van der Waals surface area contributed by atoms with Gasteiger partial charge in [-0.15, -0.1) is 0 Å². The van der Waals surface area contributed by atoms with Gasteiger partial charge in [0.15, 0.2) is 0 Å². The topological polar surface area (TPSA) is 58.4 Å². The van der Waals surface area contributed by atoms with E-state index >= 15 is 0 Å². The van der Waals surface area contributed by atoms with Gasteiger partial charge < -0.3 is 10.2 Å². The van der Waals surface area contributed by atoms with Crippen molar-refractivity contribution >= 4 is 11.4 Å². The van der Waals surface area contributed by atoms with Crippen LogP contribution in [0.4, 0.5) is 11.4 Å². The van der Waals surface area contributed by atoms with Crippen LogP contribution < -0.4 is 5.32 Å². The Labute approximate surface area is 108 Å². The van der Waals surface area contributed by atoms with E-state index in [2.05, 4.69) is 24.1 Å². The lowest BCUT2D eigenvalue weighted by Gasteiger charge is -2.17. The predicted octanol–water partition coefficient (Wildman–Crippen LogP) is 2.74. The molecule has 0 unspecified atom stereocenters. The summed E-state index contributed by atoms with van der Waals surface area (Å²) in [6.45, 7) is 8.13. The van der Waals surface area contributed by atoms with E-state index in [1.165, 1.54) is 6.07 Å². The molecule has 0 aliphatic carbocycles. The van der Waals surface area contributed by atoms with Gasteiger partial charge in [-0.25, -0.2) is 0 Å². The van der Waals surface area contributed by atoms with Crippen molar-refractivity contribution in [3.05, 3.63) is 34.4 Å². The molecule has 0 radical (unpaired) electrons. The molecule has 0 bridgehead atoms. The maximum atomic E-state index is 10.8. The van der Waals surface area contributed by atoms with Gasteiger partial charge in [-0.3, -0.25) is 10.1 Å². The smallest absolute Gasteiger partial charge is 0.292 e. The van der Waals surface area contributed by atoms with Crippen molar-refractivity contribution in [2.75, 3.05) is 31.5 Å². The Kier molecular flexibility index (Phi) is 6.14. The SMILES string of the molecule is CCN(CC)CCCNc1ccccc1[N+](=O)[O-]. The number of hydrogen-bond acceptors (Lipinski definition) is 4. The standard InChI is InChI=1S/C13H21N3O2/c1-3-15(4-2)11-7-10-14-12-8-5-6-9-13(12)16(17)18/h5-6,8-9,14H,3-4,7,10-11H2,1-2H3. The predicted molar refractivity (Wildman–Crippen MR) is 74.0 cm³/mol. The summed E-state index contributed by atoms with van der Waals surface area (Å²) in [6.07, 6.45) is 0.980. The molecular formula is C13H21N3O2. The molecule has 0 aliphatic heterocycles. The fourth-order valence-corrected chi connectivity index (χ4v) is 1.85. The van der Waals surface area contributed by atoms with Gasteiger partial charge in [0, 0.05) is 12.6 Å². The average Bonchev–Trinajstić information content (AvgIpc) is 2.39. The molecule has 0 spiro atoms. The molecule has 1 rings (SSSR count). The lowest BCUT2D eigenvalue weighted by molar-refractivity contribution is -0.384. The van der Waals surface area contributed by atoms with Gasteiger partial charge in [-0.05, 0) is 32.1 Å². The Morgan fingerprint density at radius 1 is 1.28 bits per heavy atom. The fraction of sp³-hybridized carbons (Fsp3) is 0.538. The molecule has 0 saturated heterocycles. The maximum absolute atomic E-state index is 10.8. The maximum Gasteiger partial charge on any atom is 0.292 e. The van der Waals surface area contributed by atoms with Crippen molar-refractivity contribution in [2.24, 2.45) is 0 Å². The highest BCUT2D eigenvalue weighted by Gasteiger charge is 2.11. The zero-order valence-electron chi connectivity index (χ0n) is 11.1. The minimum Gasteiger partial charge on any atom is -0.379 e. The number of para-hydroxylation sites is 2. The third-order valence-corrected chi connectivity index (χ3v) is 2.96. The quantitative estimate of drug-likeness (QED) is 0.438. The molecule has 100 valence electrons. The Morgan fingerprint density at radius 2 is 1.94 bits per heavy atom. The van der Waals surface area contributed by atoms with E-state index in [1.54, 1.807) is 18.2 Å². The lowest BCUT2D eigenvalue weighted by Crippen LogP contribution is -2.25. The van der Waals surface area contributed by atoms with Gasteiger partial charge in [0.25, 0.3) is 5.69 Å². The van der Waals surface area contributed by atoms with Crippen LogP contribution in [0.25, 0.3) is 0 Å². The van der Waals surface area contributed by atoms with E-state index in [1.807, 2.05) is 0 Å². The minimum absolute atomic E-state index is 0.139. The first-order chi connectivity index (χ1) is 8.69. The molecule has 0 aliphatic rings. The normalized spacial score (nSPS) is 10.6. The van der Waals surface area contributed by atoms with E-state index in [9.17, 15) is 10.1 Å². The highest BCUT2D eigenvalue weighted by Crippen LogP contribution is 2.22. The summed E-state index contributed by atoms with van der Waals surface area (Å²) < 4.78 is 0. The van der Waals surface area contributed by atoms with Crippen molar-refractivity contribution < 1.29 is 4.92 Å². The van der Waals surface area contributed by atoms with Crippen LogP contribution in [0.5, 0.6) is 0 Å². The van der Waals surface area contributed by atoms with Crippen LogP contribution in [-0.4, -0.2) is 36.0 Å². The van der Waals surface area contributed by atoms with Crippen LogP contribution in [-0.2, 0) is 0 Å². The van der Waals surface area contributed by atoms with Crippen molar-refractivity contribution in [1.82, 2.24) is 4.90 Å². The Balaban J connectivity index is 2.42. The zero-order chi connectivity index (χ0) is 13.4. The van der Waals surface area contributed by atoms with Gasteiger partial charge >= 0.3 is 0 Å². The number of hydrogen-bond donors (Lipinski definition) is 1. The molecule has 1 aromatic carbocycles. The molecule has 0 saturated carbocycles. The van der Waals surface area contributed by atoms with E-state index in [-0.39, 0.29) is 10.6 Å². The molecule has 0 fully saturated rings. The second kappa shape index (κ2) is 7.66. The second-order valence-corrected chi connectivity index (χ2v) is 4.08. The van der Waals surface area contributed by atoms with Crippen LogP contribution in [0.3, 0.4) is 0 Å². The first-order valence-electron chi connectivity index (χ1n) is 6.38. The van der Waals surface area contributed by atoms with Gasteiger partial charge in [0.05, 0.1) is 4.92 Å². The van der Waals surface area contributed by atoms with Gasteiger partial charge in [0.1, 0.15) is 5.69 Å². The van der Waals surface area contributed by atoms with Crippen molar-refractivity contribution in [3.63, 3.8) is 0 Å². The van der Waals surface area contributed by atoms with Gasteiger partial charge in [-0.2, -0.15) is 0 Å². The number of rotatable bonds is 8. The average molecular weight is 251 g/mol. The number of nitrogens with zero attached hydrogens (tertiary/aromatic N) is 2. The number of anilines is 1. The van der Waals surface area contributed by atoms with E-state index in [4.69, 9.17) is 0 Å². The van der Waals surface area contributed by atoms with Gasteiger partial charge in [-0.1, -0.05) is 26.0 Å². The van der Waals surface area contributed by atoms with E-state index < -0.39 is 0 Å². The van der Waals surface area contributed by atoms with Crippen LogP contribution in [0.2, 0.25) is 0 Å². The Hall–Kier alpha value is -1.62. The van der Waals surface area contributed by atoms with Gasteiger partial charge in [0.2, 0.25) is 0 Å². The third kappa shape index (κ3) is 4.33. The summed E-state index contributed by atoms with van der Waals surface area (Å²) in [7, 11) is 0. The zero-order valence-corrected chi connectivity index (χ0v) is 11.1. The Bertz CT molecular complexity index is 378. The number of nitro groups is 1. The highest BCUT2D eigenvalue weighted by molar-refractivity contribution is 5.60. The minimum atomic E-state index is -0.354. The largest absolute Gasteiger partial charge is 0.379 e. The highest BCUT2D eigenvalue weighted by atomic mass is 16.6. The molecule has 0 amide bonds. The Morgan fingerprint density at radius 3 is 2.56 bits per heavy atom. The van der Waals surface area contributed by atoms with Crippen molar-refractivity contribution in [1.29, 1.82) is 0 Å². The third-order valence-electron chi connectivity index (χ3n) is 2.96. The first kappa shape index (κ1) is 14.4. The molecule has 18 heavy (non-hydrogen) atoms. The molecule has 0 aromatic heterocycles. The monoisotopic (exact) mass is 251 g/mol. The van der Waals surface area contributed by atoms with Crippen LogP contribution >= 0.6 is 0 Å². The summed E-state index contributed by atoms with van der Waals surface area (Å²) in [6, 6.07) is 6.75. The fourth-order valence-electron chi connectivity index (χ4n) is 1.85. The molecule has 1 aromatic rings. The van der Waals surface area contributed by atoms with Crippen LogP contribution in [0.1, 0.15) is 20.3 Å². The van der Waals surface area contributed by atoms with Crippen molar-refractivity contribution in [2.45, 2.75) is 20.3 Å². The summed E-state index contributed by atoms with van der Waals surface area (Å²) >= 11 is 0. The van der Waals surface area contributed by atoms with Crippen LogP contribution in [0.15, 0.2) is 24.3 Å². The van der Waals surface area contributed by atoms with E-state index in [0.29, 0.717) is 5.69 Å². The molecule has 0 heterocycles. The second-order valence-electron chi connectivity index (χ2n) is 4.08. The summed E-state index contributed by atoms with van der Waals surface area (Å²) in [4.78, 5) is 12.8. The molecule has 5 nitrogen and oxygen atoms in total. The summed E-state index contributed by atoms with van der Waals surface area (Å²) in [5.74, 6) is 0.